The molecule has 8 nitrogen and oxygen atoms in total. The highest BCUT2D eigenvalue weighted by Gasteiger charge is 2.38. The molecule has 0 radical (unpaired) electrons. The Kier molecular flexibility index (Phi) is 5.19. The average molecular weight is 447 g/mol. The molecule has 1 aromatic carbocycles. The Morgan fingerprint density at radius 2 is 2.00 bits per heavy atom. The van der Waals surface area contributed by atoms with Gasteiger partial charge in [-0.05, 0) is 35.5 Å². The van der Waals surface area contributed by atoms with E-state index in [2.05, 4.69) is 10.1 Å². The number of nitrogens with one attached hydrogen (secondary N) is 1. The highest BCUT2D eigenvalue weighted by Crippen LogP contribution is 2.31. The molecule has 0 aliphatic carbocycles. The van der Waals surface area contributed by atoms with Gasteiger partial charge in [-0.25, -0.2) is 8.42 Å². The summed E-state index contributed by atoms with van der Waals surface area (Å²) < 4.78 is 28.9. The molecule has 29 heavy (non-hydrogen) atoms. The Balaban J connectivity index is 1.53. The van der Waals surface area contributed by atoms with Crippen molar-refractivity contribution < 1.29 is 17.6 Å². The zero-order valence-electron chi connectivity index (χ0n) is 15.0. The summed E-state index contributed by atoms with van der Waals surface area (Å²) in [4.78, 5) is 16.2. The number of rotatable bonds is 4. The van der Waals surface area contributed by atoms with Crippen molar-refractivity contribution in [3.05, 3.63) is 59.4 Å². The number of benzene rings is 1. The first kappa shape index (κ1) is 19.7. The van der Waals surface area contributed by atoms with E-state index in [4.69, 9.17) is 9.83 Å². The lowest BCUT2D eigenvalue weighted by Crippen LogP contribution is -2.35. The second-order valence-electron chi connectivity index (χ2n) is 6.09. The largest absolute Gasteiger partial charge is 0.450 e. The number of hydrazone groups is 1. The Morgan fingerprint density at radius 3 is 2.72 bits per heavy atom. The normalized spacial score (nSPS) is 18.1. The molecular weight excluding hydrogens is 432 g/mol. The number of fused-ring (bicyclic) bond motifs is 1. The number of carbonyl (C=O) groups excluding carboxylic acids is 1. The fourth-order valence-corrected chi connectivity index (χ4v) is 4.99. The van der Waals surface area contributed by atoms with Crippen LogP contribution in [-0.4, -0.2) is 41.0 Å². The third kappa shape index (κ3) is 4.21. The Bertz CT molecular complexity index is 1200. The van der Waals surface area contributed by atoms with Crippen molar-refractivity contribution in [3.63, 3.8) is 0 Å². The number of nitrogens with zero attached hydrogens (tertiary/aromatic N) is 3. The number of thioether (sulfide) groups is 2. The Morgan fingerprint density at radius 1 is 1.24 bits per heavy atom. The molecule has 1 aromatic heterocycles. The van der Waals surface area contributed by atoms with Crippen molar-refractivity contribution in [2.45, 2.75) is 10.8 Å². The van der Waals surface area contributed by atoms with Gasteiger partial charge in [-0.1, -0.05) is 42.1 Å². The zero-order chi connectivity index (χ0) is 20.6. The summed E-state index contributed by atoms with van der Waals surface area (Å²) in [6.07, 6.45) is 2.42. The molecule has 3 heterocycles. The van der Waals surface area contributed by atoms with Crippen LogP contribution in [0.15, 0.2) is 67.6 Å². The SMILES string of the molecule is CS(=O)(=O)C1=NN2C(=N)/C(=C/c3ccc(SCc4ccccc4)o3)C(=O)N=C2S1. The highest BCUT2D eigenvalue weighted by atomic mass is 32.3. The first-order chi connectivity index (χ1) is 13.8. The molecule has 0 spiro atoms. The molecular formula is C18H14N4O4S3. The van der Waals surface area contributed by atoms with Gasteiger partial charge in [0, 0.05) is 12.0 Å². The summed E-state index contributed by atoms with van der Waals surface area (Å²) in [6.45, 7) is 0. The molecule has 148 valence electrons. The number of amidine groups is 2. The highest BCUT2D eigenvalue weighted by molar-refractivity contribution is 8.42. The van der Waals surface area contributed by atoms with Gasteiger partial charge in [0.05, 0.1) is 5.57 Å². The molecule has 1 amide bonds. The van der Waals surface area contributed by atoms with E-state index in [-0.39, 0.29) is 21.0 Å². The van der Waals surface area contributed by atoms with E-state index in [0.29, 0.717) is 10.9 Å². The first-order valence-corrected chi connectivity index (χ1v) is 12.0. The lowest BCUT2D eigenvalue weighted by atomic mass is 10.1. The van der Waals surface area contributed by atoms with Crippen LogP contribution in [0.2, 0.25) is 0 Å². The molecule has 2 aliphatic rings. The van der Waals surface area contributed by atoms with Crippen LogP contribution in [0.5, 0.6) is 0 Å². The summed E-state index contributed by atoms with van der Waals surface area (Å²) in [7, 11) is -3.56. The topological polar surface area (TPSA) is 116 Å². The molecule has 0 fully saturated rings. The lowest BCUT2D eigenvalue weighted by molar-refractivity contribution is -0.114. The molecule has 0 saturated heterocycles. The van der Waals surface area contributed by atoms with Gasteiger partial charge in [0.2, 0.25) is 19.4 Å². The summed E-state index contributed by atoms with van der Waals surface area (Å²) in [5, 5.41) is 13.9. The standard InChI is InChI=1S/C18H14N4O4S3/c1-29(24,25)18-21-22-15(19)13(16(23)20-17(22)28-18)9-12-7-8-14(26-12)27-10-11-5-3-2-4-6-11/h2-9,19H,10H2,1H3/b13-9-,19-15?. The number of sulfone groups is 1. The van der Waals surface area contributed by atoms with E-state index in [1.807, 2.05) is 30.3 Å². The second-order valence-corrected chi connectivity index (χ2v) is 10.2. The van der Waals surface area contributed by atoms with E-state index in [0.717, 1.165) is 34.3 Å². The minimum absolute atomic E-state index is 0.0261. The molecule has 0 saturated carbocycles. The fraction of sp³-hybridized carbons (Fsp3) is 0.111. The van der Waals surface area contributed by atoms with E-state index >= 15 is 0 Å². The molecule has 0 unspecified atom stereocenters. The number of amides is 1. The molecule has 0 atom stereocenters. The maximum atomic E-state index is 12.3. The minimum Gasteiger partial charge on any atom is -0.450 e. The summed E-state index contributed by atoms with van der Waals surface area (Å²) >= 11 is 2.26. The van der Waals surface area contributed by atoms with Gasteiger partial charge >= 0.3 is 0 Å². The van der Waals surface area contributed by atoms with E-state index in [1.165, 1.54) is 17.8 Å². The van der Waals surface area contributed by atoms with Crippen molar-refractivity contribution in [1.29, 1.82) is 5.41 Å². The number of carbonyl (C=O) groups is 1. The van der Waals surface area contributed by atoms with Gasteiger partial charge in [0.1, 0.15) is 5.76 Å². The maximum Gasteiger partial charge on any atom is 0.283 e. The number of aliphatic imine (C=N–C) groups is 1. The smallest absolute Gasteiger partial charge is 0.283 e. The third-order valence-electron chi connectivity index (χ3n) is 3.87. The maximum absolute atomic E-state index is 12.3. The Labute approximate surface area is 175 Å². The molecule has 11 heteroatoms. The molecule has 2 aromatic rings. The molecule has 2 aliphatic heterocycles. The van der Waals surface area contributed by atoms with Gasteiger partial charge in [0.25, 0.3) is 5.91 Å². The number of furan rings is 1. The molecule has 0 bridgehead atoms. The van der Waals surface area contributed by atoms with Crippen LogP contribution in [-0.2, 0) is 20.4 Å². The van der Waals surface area contributed by atoms with Crippen LogP contribution >= 0.6 is 23.5 Å². The van der Waals surface area contributed by atoms with Gasteiger partial charge in [0.15, 0.2) is 10.9 Å². The van der Waals surface area contributed by atoms with Crippen molar-refractivity contribution in [3.8, 4) is 0 Å². The Hall–Kier alpha value is -2.63. The van der Waals surface area contributed by atoms with Crippen molar-refractivity contribution in [1.82, 2.24) is 5.01 Å². The van der Waals surface area contributed by atoms with Crippen LogP contribution in [0.1, 0.15) is 11.3 Å². The van der Waals surface area contributed by atoms with Crippen molar-refractivity contribution in [2.24, 2.45) is 10.1 Å². The zero-order valence-corrected chi connectivity index (χ0v) is 17.5. The lowest BCUT2D eigenvalue weighted by Gasteiger charge is -2.19. The van der Waals surface area contributed by atoms with Crippen molar-refractivity contribution in [2.75, 3.05) is 6.26 Å². The van der Waals surface area contributed by atoms with E-state index in [1.54, 1.807) is 12.1 Å². The van der Waals surface area contributed by atoms with Crippen LogP contribution in [0.4, 0.5) is 0 Å². The monoisotopic (exact) mass is 446 g/mol. The van der Waals surface area contributed by atoms with Crippen LogP contribution in [0.25, 0.3) is 6.08 Å². The second kappa shape index (κ2) is 7.65. The minimum atomic E-state index is -3.56. The van der Waals surface area contributed by atoms with E-state index < -0.39 is 15.7 Å². The van der Waals surface area contributed by atoms with E-state index in [9.17, 15) is 13.2 Å². The van der Waals surface area contributed by atoms with Crippen LogP contribution in [0, 0.1) is 5.41 Å². The van der Waals surface area contributed by atoms with Gasteiger partial charge in [-0.3, -0.25) is 10.2 Å². The number of hydrogen-bond acceptors (Lipinski definition) is 8. The third-order valence-corrected chi connectivity index (χ3v) is 7.42. The molecule has 1 N–H and O–H groups in total. The van der Waals surface area contributed by atoms with Gasteiger partial charge in [-0.15, -0.1) is 5.10 Å². The summed E-state index contributed by atoms with van der Waals surface area (Å²) in [5.74, 6) is 0.238. The number of hydrogen-bond donors (Lipinski definition) is 1. The summed E-state index contributed by atoms with van der Waals surface area (Å²) in [5.41, 5.74) is 1.13. The predicted octanol–water partition coefficient (Wildman–Crippen LogP) is 3.19. The fourth-order valence-electron chi connectivity index (χ4n) is 2.48. The van der Waals surface area contributed by atoms with Gasteiger partial charge in [-0.2, -0.15) is 10.0 Å². The average Bonchev–Trinajstić information content (AvgIpc) is 3.31. The van der Waals surface area contributed by atoms with Crippen LogP contribution < -0.4 is 0 Å². The van der Waals surface area contributed by atoms with Crippen LogP contribution in [0.3, 0.4) is 0 Å². The first-order valence-electron chi connectivity index (χ1n) is 8.28. The quantitative estimate of drug-likeness (QED) is 0.566. The summed E-state index contributed by atoms with van der Waals surface area (Å²) in [6, 6.07) is 13.4. The van der Waals surface area contributed by atoms with Gasteiger partial charge < -0.3 is 4.42 Å². The predicted molar refractivity (Wildman–Crippen MR) is 115 cm³/mol. The van der Waals surface area contributed by atoms with Crippen molar-refractivity contribution >= 4 is 60.7 Å². The molecule has 4 rings (SSSR count).